The normalized spacial score (nSPS) is 25.0. The standard InChI is InChI=1S/C14H26N4O3.2ClH/c1-11-13(15-4-10-21-11)14(20)16-3-5-17-6-8-18(9-7-17)12(2)19;;/h11,13,15H,3-10H2,1-2H3,(H,16,20);2*1H/t11-,13+;;/m1../s1. The van der Waals surface area contributed by atoms with Gasteiger partial charge in [0.15, 0.2) is 0 Å². The molecule has 0 saturated carbocycles. The summed E-state index contributed by atoms with van der Waals surface area (Å²) in [6, 6.07) is -0.256. The number of carbonyl (C=O) groups excluding carboxylic acids is 2. The first-order chi connectivity index (χ1) is 10.1. The zero-order valence-corrected chi connectivity index (χ0v) is 15.4. The van der Waals surface area contributed by atoms with Crippen molar-refractivity contribution in [2.75, 3.05) is 52.4 Å². The third kappa shape index (κ3) is 6.81. The fourth-order valence-electron chi connectivity index (χ4n) is 2.76. The van der Waals surface area contributed by atoms with Crippen molar-refractivity contribution in [3.63, 3.8) is 0 Å². The van der Waals surface area contributed by atoms with Crippen molar-refractivity contribution in [2.45, 2.75) is 26.0 Å². The van der Waals surface area contributed by atoms with Gasteiger partial charge in [0.1, 0.15) is 6.04 Å². The number of rotatable bonds is 4. The predicted molar refractivity (Wildman–Crippen MR) is 93.4 cm³/mol. The van der Waals surface area contributed by atoms with Crippen molar-refractivity contribution >= 4 is 36.6 Å². The van der Waals surface area contributed by atoms with Crippen molar-refractivity contribution < 1.29 is 14.3 Å². The van der Waals surface area contributed by atoms with Crippen LogP contribution in [0.1, 0.15) is 13.8 Å². The van der Waals surface area contributed by atoms with E-state index in [2.05, 4.69) is 15.5 Å². The molecule has 0 unspecified atom stereocenters. The number of morpholine rings is 1. The van der Waals surface area contributed by atoms with E-state index < -0.39 is 0 Å². The maximum Gasteiger partial charge on any atom is 0.239 e. The second-order valence-corrected chi connectivity index (χ2v) is 5.65. The molecule has 0 aromatic heterocycles. The highest BCUT2D eigenvalue weighted by atomic mass is 35.5. The SMILES string of the molecule is CC(=O)N1CCN(CCNC(=O)[C@H]2NCCO[C@@H]2C)CC1.Cl.Cl. The number of amides is 2. The molecule has 136 valence electrons. The van der Waals surface area contributed by atoms with E-state index in [9.17, 15) is 9.59 Å². The summed E-state index contributed by atoms with van der Waals surface area (Å²) in [6.45, 7) is 9.64. The molecule has 2 amide bonds. The number of nitrogens with zero attached hydrogens (tertiary/aromatic N) is 2. The highest BCUT2D eigenvalue weighted by Crippen LogP contribution is 2.04. The van der Waals surface area contributed by atoms with Crippen LogP contribution in [0.15, 0.2) is 0 Å². The quantitative estimate of drug-likeness (QED) is 0.696. The van der Waals surface area contributed by atoms with Crippen LogP contribution in [-0.2, 0) is 14.3 Å². The highest BCUT2D eigenvalue weighted by Gasteiger charge is 2.28. The van der Waals surface area contributed by atoms with Crippen molar-refractivity contribution in [1.82, 2.24) is 20.4 Å². The fraction of sp³-hybridized carbons (Fsp3) is 0.857. The molecule has 7 nitrogen and oxygen atoms in total. The van der Waals surface area contributed by atoms with E-state index >= 15 is 0 Å². The summed E-state index contributed by atoms with van der Waals surface area (Å²) >= 11 is 0. The summed E-state index contributed by atoms with van der Waals surface area (Å²) in [7, 11) is 0. The Morgan fingerprint density at radius 3 is 2.43 bits per heavy atom. The van der Waals surface area contributed by atoms with E-state index in [1.807, 2.05) is 11.8 Å². The molecule has 0 aromatic rings. The average molecular weight is 371 g/mol. The van der Waals surface area contributed by atoms with Gasteiger partial charge in [0, 0.05) is 52.7 Å². The molecule has 2 saturated heterocycles. The fourth-order valence-corrected chi connectivity index (χ4v) is 2.76. The minimum Gasteiger partial charge on any atom is -0.375 e. The Morgan fingerprint density at radius 2 is 1.87 bits per heavy atom. The summed E-state index contributed by atoms with van der Waals surface area (Å²) in [5.74, 6) is 0.143. The number of hydrogen-bond acceptors (Lipinski definition) is 5. The molecule has 0 spiro atoms. The molecule has 2 aliphatic rings. The van der Waals surface area contributed by atoms with Crippen LogP contribution in [-0.4, -0.2) is 86.2 Å². The van der Waals surface area contributed by atoms with E-state index in [-0.39, 0.29) is 48.8 Å². The summed E-state index contributed by atoms with van der Waals surface area (Å²) in [4.78, 5) is 27.4. The number of carbonyl (C=O) groups is 2. The summed E-state index contributed by atoms with van der Waals surface area (Å²) in [6.07, 6.45) is -0.0853. The van der Waals surface area contributed by atoms with Crippen LogP contribution in [0, 0.1) is 0 Å². The topological polar surface area (TPSA) is 73.9 Å². The third-order valence-electron chi connectivity index (χ3n) is 4.14. The first-order valence-electron chi connectivity index (χ1n) is 7.68. The van der Waals surface area contributed by atoms with Crippen LogP contribution >= 0.6 is 24.8 Å². The largest absolute Gasteiger partial charge is 0.375 e. The van der Waals surface area contributed by atoms with E-state index in [1.54, 1.807) is 6.92 Å². The van der Waals surface area contributed by atoms with Gasteiger partial charge in [0.2, 0.25) is 11.8 Å². The van der Waals surface area contributed by atoms with Gasteiger partial charge < -0.3 is 20.3 Å². The number of ether oxygens (including phenoxy) is 1. The predicted octanol–water partition coefficient (Wildman–Crippen LogP) is -0.513. The molecule has 0 bridgehead atoms. The lowest BCUT2D eigenvalue weighted by Crippen LogP contribution is -2.56. The molecule has 0 aromatic carbocycles. The molecule has 2 heterocycles. The van der Waals surface area contributed by atoms with E-state index in [0.29, 0.717) is 13.2 Å². The molecule has 2 aliphatic heterocycles. The highest BCUT2D eigenvalue weighted by molar-refractivity contribution is 5.85. The molecule has 23 heavy (non-hydrogen) atoms. The molecule has 0 radical (unpaired) electrons. The summed E-state index contributed by atoms with van der Waals surface area (Å²) in [5.41, 5.74) is 0. The van der Waals surface area contributed by atoms with Gasteiger partial charge in [0.25, 0.3) is 0 Å². The van der Waals surface area contributed by atoms with Gasteiger partial charge >= 0.3 is 0 Å². The van der Waals surface area contributed by atoms with Crippen molar-refractivity contribution in [3.05, 3.63) is 0 Å². The smallest absolute Gasteiger partial charge is 0.239 e. The Bertz CT molecular complexity index is 379. The van der Waals surface area contributed by atoms with Crippen LogP contribution in [0.4, 0.5) is 0 Å². The lowest BCUT2D eigenvalue weighted by atomic mass is 10.1. The zero-order chi connectivity index (χ0) is 15.2. The molecule has 0 aliphatic carbocycles. The van der Waals surface area contributed by atoms with Crippen molar-refractivity contribution in [3.8, 4) is 0 Å². The van der Waals surface area contributed by atoms with Crippen LogP contribution in [0.3, 0.4) is 0 Å². The molecular formula is C14H28Cl2N4O3. The minimum absolute atomic E-state index is 0. The zero-order valence-electron chi connectivity index (χ0n) is 13.7. The van der Waals surface area contributed by atoms with Crippen LogP contribution in [0.5, 0.6) is 0 Å². The van der Waals surface area contributed by atoms with E-state index in [0.717, 1.165) is 39.3 Å². The van der Waals surface area contributed by atoms with Gasteiger partial charge in [-0.25, -0.2) is 0 Å². The Labute approximate surface area is 150 Å². The number of halogens is 2. The molecule has 2 N–H and O–H groups in total. The van der Waals surface area contributed by atoms with Gasteiger partial charge in [-0.05, 0) is 6.92 Å². The molecule has 2 fully saturated rings. The van der Waals surface area contributed by atoms with Gasteiger partial charge in [0.05, 0.1) is 12.7 Å². The second kappa shape index (κ2) is 11.0. The van der Waals surface area contributed by atoms with Crippen LogP contribution in [0.2, 0.25) is 0 Å². The first-order valence-corrected chi connectivity index (χ1v) is 7.68. The minimum atomic E-state index is -0.256. The van der Waals surface area contributed by atoms with Gasteiger partial charge in [-0.2, -0.15) is 0 Å². The summed E-state index contributed by atoms with van der Waals surface area (Å²) < 4.78 is 5.47. The molecule has 2 rings (SSSR count). The number of nitrogens with one attached hydrogen (secondary N) is 2. The molecular weight excluding hydrogens is 343 g/mol. The average Bonchev–Trinajstić information content (AvgIpc) is 2.48. The number of hydrogen-bond donors (Lipinski definition) is 2. The van der Waals surface area contributed by atoms with Crippen molar-refractivity contribution in [1.29, 1.82) is 0 Å². The van der Waals surface area contributed by atoms with Crippen LogP contribution in [0.25, 0.3) is 0 Å². The molecule has 9 heteroatoms. The number of piperazine rings is 1. The Hall–Kier alpha value is -0.600. The lowest BCUT2D eigenvalue weighted by Gasteiger charge is -2.34. The van der Waals surface area contributed by atoms with Gasteiger partial charge in [-0.1, -0.05) is 0 Å². The second-order valence-electron chi connectivity index (χ2n) is 5.65. The van der Waals surface area contributed by atoms with Gasteiger partial charge in [-0.15, -0.1) is 24.8 Å². The van der Waals surface area contributed by atoms with Gasteiger partial charge in [-0.3, -0.25) is 14.5 Å². The third-order valence-corrected chi connectivity index (χ3v) is 4.14. The molecule has 2 atom stereocenters. The van der Waals surface area contributed by atoms with Crippen LogP contribution < -0.4 is 10.6 Å². The maximum atomic E-state index is 12.1. The van der Waals surface area contributed by atoms with E-state index in [1.165, 1.54) is 0 Å². The Morgan fingerprint density at radius 1 is 1.22 bits per heavy atom. The van der Waals surface area contributed by atoms with E-state index in [4.69, 9.17) is 4.74 Å². The van der Waals surface area contributed by atoms with Crippen molar-refractivity contribution in [2.24, 2.45) is 0 Å². The maximum absolute atomic E-state index is 12.1. The Kier molecular flexibility index (Phi) is 10.8. The monoisotopic (exact) mass is 370 g/mol. The summed E-state index contributed by atoms with van der Waals surface area (Å²) in [5, 5.41) is 6.14. The lowest BCUT2D eigenvalue weighted by molar-refractivity contribution is -0.130. The first kappa shape index (κ1) is 22.4. The Balaban J connectivity index is 0.00000242.